The Morgan fingerprint density at radius 3 is 2.65 bits per heavy atom. The van der Waals surface area contributed by atoms with E-state index >= 15 is 0 Å². The summed E-state index contributed by atoms with van der Waals surface area (Å²) in [6.45, 7) is 6.25. The number of hydrogen-bond donors (Lipinski definition) is 1. The van der Waals surface area contributed by atoms with Gasteiger partial charge in [0.1, 0.15) is 29.8 Å². The first-order valence-corrected chi connectivity index (χ1v) is 11.2. The van der Waals surface area contributed by atoms with E-state index in [0.29, 0.717) is 53.4 Å². The molecule has 0 saturated heterocycles. The Bertz CT molecular complexity index is 1240. The van der Waals surface area contributed by atoms with Gasteiger partial charge < -0.3 is 19.9 Å². The van der Waals surface area contributed by atoms with Crippen LogP contribution in [-0.2, 0) is 16.1 Å². The summed E-state index contributed by atoms with van der Waals surface area (Å²) in [5.74, 6) is 0.324. The number of nitriles is 1. The molecule has 0 amide bonds. The topological polar surface area (TPSA) is 94.6 Å². The number of hydrogen-bond acceptors (Lipinski definition) is 6. The molecular formula is C27H27FN2O4. The molecule has 1 aliphatic carbocycles. The fourth-order valence-electron chi connectivity index (χ4n) is 4.48. The summed E-state index contributed by atoms with van der Waals surface area (Å²) in [4.78, 5) is 13.2. The van der Waals surface area contributed by atoms with Gasteiger partial charge in [0.05, 0.1) is 12.5 Å². The van der Waals surface area contributed by atoms with Crippen LogP contribution in [-0.4, -0.2) is 12.4 Å². The Hall–Kier alpha value is -3.79. The Morgan fingerprint density at radius 2 is 1.94 bits per heavy atom. The first-order chi connectivity index (χ1) is 16.2. The summed E-state index contributed by atoms with van der Waals surface area (Å²) >= 11 is 0. The molecule has 176 valence electrons. The number of allylic oxidation sites excluding steroid dienone is 3. The van der Waals surface area contributed by atoms with E-state index in [0.717, 1.165) is 0 Å². The number of nitrogens with two attached hydrogens (primary N) is 1. The van der Waals surface area contributed by atoms with Gasteiger partial charge in [-0.05, 0) is 36.1 Å². The average Bonchev–Trinajstić information content (AvgIpc) is 2.77. The van der Waals surface area contributed by atoms with Crippen molar-refractivity contribution in [2.45, 2.75) is 46.1 Å². The van der Waals surface area contributed by atoms with Gasteiger partial charge in [0.15, 0.2) is 17.3 Å². The molecule has 1 aliphatic heterocycles. The zero-order valence-corrected chi connectivity index (χ0v) is 19.5. The van der Waals surface area contributed by atoms with Crippen LogP contribution in [0.4, 0.5) is 4.39 Å². The van der Waals surface area contributed by atoms with Gasteiger partial charge in [0, 0.05) is 24.0 Å². The van der Waals surface area contributed by atoms with Crippen LogP contribution in [0.15, 0.2) is 65.3 Å². The molecule has 0 saturated carbocycles. The highest BCUT2D eigenvalue weighted by Crippen LogP contribution is 2.48. The van der Waals surface area contributed by atoms with Crippen molar-refractivity contribution in [2.24, 2.45) is 11.1 Å². The summed E-state index contributed by atoms with van der Waals surface area (Å²) in [6, 6.07) is 13.8. The predicted molar refractivity (Wildman–Crippen MR) is 124 cm³/mol. The molecule has 0 aromatic heterocycles. The lowest BCUT2D eigenvalue weighted by Crippen LogP contribution is -2.33. The molecular weight excluding hydrogens is 435 g/mol. The highest BCUT2D eigenvalue weighted by molar-refractivity contribution is 6.00. The third-order valence-corrected chi connectivity index (χ3v) is 6.02. The molecule has 0 bridgehead atoms. The molecule has 0 radical (unpaired) electrons. The van der Waals surface area contributed by atoms with Crippen molar-refractivity contribution in [3.8, 4) is 17.6 Å². The van der Waals surface area contributed by atoms with E-state index in [2.05, 4.69) is 6.07 Å². The number of rotatable bonds is 6. The Labute approximate surface area is 198 Å². The fraction of sp³-hybridized carbons (Fsp3) is 0.333. The van der Waals surface area contributed by atoms with E-state index in [4.69, 9.17) is 19.9 Å². The van der Waals surface area contributed by atoms with Crippen LogP contribution in [0.5, 0.6) is 11.5 Å². The maximum atomic E-state index is 14.0. The van der Waals surface area contributed by atoms with Gasteiger partial charge in [-0.2, -0.15) is 5.26 Å². The number of Topliss-reactive ketones (excluding diaryl/α,β-unsaturated/α-hetero) is 1. The van der Waals surface area contributed by atoms with Crippen LogP contribution in [0.1, 0.15) is 50.7 Å². The second-order valence-corrected chi connectivity index (χ2v) is 9.22. The Balaban J connectivity index is 1.73. The molecule has 1 heterocycles. The first-order valence-electron chi connectivity index (χ1n) is 11.2. The van der Waals surface area contributed by atoms with Gasteiger partial charge in [0.2, 0.25) is 5.88 Å². The van der Waals surface area contributed by atoms with Crippen molar-refractivity contribution in [1.82, 2.24) is 0 Å². The quantitative estimate of drug-likeness (QED) is 0.630. The minimum absolute atomic E-state index is 0.00888. The molecule has 0 unspecified atom stereocenters. The fourth-order valence-corrected chi connectivity index (χ4v) is 4.48. The van der Waals surface area contributed by atoms with E-state index in [1.807, 2.05) is 20.8 Å². The first kappa shape index (κ1) is 23.4. The van der Waals surface area contributed by atoms with Crippen molar-refractivity contribution < 1.29 is 23.4 Å². The average molecular weight is 463 g/mol. The van der Waals surface area contributed by atoms with Gasteiger partial charge >= 0.3 is 0 Å². The molecule has 2 N–H and O–H groups in total. The lowest BCUT2D eigenvalue weighted by atomic mass is 9.70. The monoisotopic (exact) mass is 462 g/mol. The molecule has 1 atom stereocenters. The van der Waals surface area contributed by atoms with Crippen LogP contribution in [0.2, 0.25) is 0 Å². The molecule has 4 rings (SSSR count). The van der Waals surface area contributed by atoms with Crippen LogP contribution >= 0.6 is 0 Å². The molecule has 7 heteroatoms. The number of carbonyl (C=O) groups excluding carboxylic acids is 1. The summed E-state index contributed by atoms with van der Waals surface area (Å²) in [7, 11) is 0. The Morgan fingerprint density at radius 1 is 1.18 bits per heavy atom. The van der Waals surface area contributed by atoms with Crippen molar-refractivity contribution in [2.75, 3.05) is 6.61 Å². The van der Waals surface area contributed by atoms with E-state index < -0.39 is 5.92 Å². The van der Waals surface area contributed by atoms with Gasteiger partial charge in [0.25, 0.3) is 0 Å². The van der Waals surface area contributed by atoms with Crippen LogP contribution in [0.3, 0.4) is 0 Å². The predicted octanol–water partition coefficient (Wildman–Crippen LogP) is 5.25. The van der Waals surface area contributed by atoms with Crippen LogP contribution in [0.25, 0.3) is 0 Å². The highest BCUT2D eigenvalue weighted by atomic mass is 19.1. The van der Waals surface area contributed by atoms with Crippen molar-refractivity contribution in [3.05, 3.63) is 82.2 Å². The van der Waals surface area contributed by atoms with E-state index in [9.17, 15) is 14.4 Å². The summed E-state index contributed by atoms with van der Waals surface area (Å²) in [6.07, 6.45) is 0.901. The molecule has 2 aromatic rings. The Kier molecular flexibility index (Phi) is 6.34. The number of carbonyl (C=O) groups is 1. The zero-order valence-electron chi connectivity index (χ0n) is 19.5. The zero-order chi connectivity index (χ0) is 24.5. The SMILES string of the molecule is CCOc1cc([C@@H]2C(C#N)=C(N)OC3=C2C(=O)CC(C)(C)C3)ccc1OCc1ccccc1F. The number of ether oxygens (including phenoxy) is 3. The lowest BCUT2D eigenvalue weighted by molar-refractivity contribution is -0.119. The molecule has 6 nitrogen and oxygen atoms in total. The highest BCUT2D eigenvalue weighted by Gasteiger charge is 2.43. The van der Waals surface area contributed by atoms with Gasteiger partial charge in [-0.1, -0.05) is 38.1 Å². The normalized spacial score (nSPS) is 19.3. The number of benzene rings is 2. The number of halogens is 1. The molecule has 0 spiro atoms. The third-order valence-electron chi connectivity index (χ3n) is 6.02. The van der Waals surface area contributed by atoms with E-state index in [1.54, 1.807) is 36.4 Å². The second kappa shape index (κ2) is 9.22. The largest absolute Gasteiger partial charge is 0.490 e. The second-order valence-electron chi connectivity index (χ2n) is 9.22. The minimum atomic E-state index is -0.655. The molecule has 2 aliphatic rings. The maximum absolute atomic E-state index is 14.0. The standard InChI is InChI=1S/C27H27FN2O4/c1-4-32-22-11-16(9-10-21(22)33-15-17-7-5-6-8-19(17)28)24-18(14-29)26(30)34-23-13-27(2,3)12-20(31)25(23)24/h5-11,24H,4,12-13,15,30H2,1-3H3/t24-/m1/s1. The summed E-state index contributed by atoms with van der Waals surface area (Å²) < 4.78 is 31.4. The van der Waals surface area contributed by atoms with Crippen molar-refractivity contribution >= 4 is 5.78 Å². The molecule has 34 heavy (non-hydrogen) atoms. The summed E-state index contributed by atoms with van der Waals surface area (Å²) in [5, 5.41) is 9.84. The molecule has 0 fully saturated rings. The van der Waals surface area contributed by atoms with E-state index in [-0.39, 0.29) is 35.1 Å². The van der Waals surface area contributed by atoms with Crippen LogP contribution < -0.4 is 15.2 Å². The minimum Gasteiger partial charge on any atom is -0.490 e. The van der Waals surface area contributed by atoms with Gasteiger partial charge in [-0.3, -0.25) is 4.79 Å². The van der Waals surface area contributed by atoms with Crippen molar-refractivity contribution in [3.63, 3.8) is 0 Å². The smallest absolute Gasteiger partial charge is 0.205 e. The maximum Gasteiger partial charge on any atom is 0.205 e. The van der Waals surface area contributed by atoms with Gasteiger partial charge in [-0.15, -0.1) is 0 Å². The van der Waals surface area contributed by atoms with E-state index in [1.165, 1.54) is 6.07 Å². The van der Waals surface area contributed by atoms with Gasteiger partial charge in [-0.25, -0.2) is 4.39 Å². The summed E-state index contributed by atoms with van der Waals surface area (Å²) in [5.41, 5.74) is 7.60. The lowest BCUT2D eigenvalue weighted by Gasteiger charge is -2.37. The third kappa shape index (κ3) is 4.49. The number of ketones is 1. The van der Waals surface area contributed by atoms with Crippen molar-refractivity contribution in [1.29, 1.82) is 5.26 Å². The molecule has 2 aromatic carbocycles. The number of nitrogens with zero attached hydrogens (tertiary/aromatic N) is 1. The van der Waals surface area contributed by atoms with Crippen LogP contribution in [0, 0.1) is 22.6 Å².